The third-order valence-electron chi connectivity index (χ3n) is 5.58. The average Bonchev–Trinajstić information content (AvgIpc) is 3.28. The van der Waals surface area contributed by atoms with Gasteiger partial charge in [-0.25, -0.2) is 0 Å². The van der Waals surface area contributed by atoms with Gasteiger partial charge < -0.3 is 14.2 Å². The van der Waals surface area contributed by atoms with Crippen molar-refractivity contribution < 1.29 is 18.8 Å². The van der Waals surface area contributed by atoms with Gasteiger partial charge in [-0.1, -0.05) is 44.2 Å². The molecule has 6 nitrogen and oxygen atoms in total. The van der Waals surface area contributed by atoms with Crippen molar-refractivity contribution in [2.24, 2.45) is 5.92 Å². The summed E-state index contributed by atoms with van der Waals surface area (Å²) >= 11 is 0. The quantitative estimate of drug-likeness (QED) is 0.370. The summed E-state index contributed by atoms with van der Waals surface area (Å²) < 4.78 is 5.46. The summed E-state index contributed by atoms with van der Waals surface area (Å²) in [4.78, 5) is 42.7. The molecule has 1 aromatic carbocycles. The number of hydrogen-bond acceptors (Lipinski definition) is 5. The van der Waals surface area contributed by atoms with E-state index in [2.05, 4.69) is 18.7 Å². The Morgan fingerprint density at radius 1 is 1.07 bits per heavy atom. The average molecular weight is 396 g/mol. The number of Topliss-reactive ketones (excluding diaryl/α,β-unsaturated/α-hetero) is 2. The number of carbonyl (C=O) groups excluding carboxylic acids is 3. The Morgan fingerprint density at radius 2 is 1.76 bits per heavy atom. The molecule has 0 saturated carbocycles. The number of benzene rings is 1. The number of hydrogen-bond donors (Lipinski definition) is 0. The van der Waals surface area contributed by atoms with Crippen LogP contribution in [0.5, 0.6) is 0 Å². The van der Waals surface area contributed by atoms with E-state index in [0.717, 1.165) is 31.6 Å². The molecule has 1 aromatic heterocycles. The molecule has 0 spiro atoms. The van der Waals surface area contributed by atoms with Crippen LogP contribution in [0.2, 0.25) is 0 Å². The van der Waals surface area contributed by atoms with Crippen LogP contribution >= 0.6 is 0 Å². The lowest BCUT2D eigenvalue weighted by Gasteiger charge is -2.28. The SMILES string of the molecule is CCN(CC)CCCN1C(=O)C(=O)C(C(=O)c2ccc(C)o2)C1c1ccccc1. The molecule has 2 unspecified atom stereocenters. The van der Waals surface area contributed by atoms with Crippen molar-refractivity contribution in [3.8, 4) is 0 Å². The van der Waals surface area contributed by atoms with Crippen LogP contribution in [0.1, 0.15) is 48.2 Å². The molecular formula is C23H28N2O4. The van der Waals surface area contributed by atoms with Crippen LogP contribution in [0.3, 0.4) is 0 Å². The summed E-state index contributed by atoms with van der Waals surface area (Å²) in [6, 6.07) is 12.0. The highest BCUT2D eigenvalue weighted by molar-refractivity contribution is 6.43. The van der Waals surface area contributed by atoms with E-state index >= 15 is 0 Å². The molecule has 2 atom stereocenters. The van der Waals surface area contributed by atoms with Crippen molar-refractivity contribution in [2.75, 3.05) is 26.2 Å². The minimum absolute atomic E-state index is 0.125. The molecule has 6 heteroatoms. The third-order valence-corrected chi connectivity index (χ3v) is 5.58. The molecule has 2 aromatic rings. The molecule has 1 aliphatic rings. The zero-order valence-corrected chi connectivity index (χ0v) is 17.3. The van der Waals surface area contributed by atoms with Crippen molar-refractivity contribution in [1.29, 1.82) is 0 Å². The van der Waals surface area contributed by atoms with Gasteiger partial charge in [0.05, 0.1) is 6.04 Å². The van der Waals surface area contributed by atoms with Crippen LogP contribution in [0.4, 0.5) is 0 Å². The van der Waals surface area contributed by atoms with Crippen molar-refractivity contribution in [3.05, 3.63) is 59.5 Å². The molecule has 1 saturated heterocycles. The molecule has 1 amide bonds. The second-order valence-corrected chi connectivity index (χ2v) is 7.35. The number of likely N-dealkylation sites (tertiary alicyclic amines) is 1. The van der Waals surface area contributed by atoms with Crippen molar-refractivity contribution in [3.63, 3.8) is 0 Å². The fraction of sp³-hybridized carbons (Fsp3) is 0.435. The van der Waals surface area contributed by atoms with Crippen LogP contribution in [0.15, 0.2) is 46.9 Å². The molecule has 3 rings (SSSR count). The number of nitrogens with zero attached hydrogens (tertiary/aromatic N) is 2. The fourth-order valence-electron chi connectivity index (χ4n) is 3.97. The molecule has 0 N–H and O–H groups in total. The summed E-state index contributed by atoms with van der Waals surface area (Å²) in [6.07, 6.45) is 0.741. The Balaban J connectivity index is 1.90. The van der Waals surface area contributed by atoms with Crippen molar-refractivity contribution in [1.82, 2.24) is 9.80 Å². The number of furan rings is 1. The summed E-state index contributed by atoms with van der Waals surface area (Å²) in [5.41, 5.74) is 0.788. The number of amides is 1. The van der Waals surface area contributed by atoms with Gasteiger partial charge in [0, 0.05) is 6.54 Å². The van der Waals surface area contributed by atoms with Gasteiger partial charge in [0.25, 0.3) is 5.91 Å². The Morgan fingerprint density at radius 3 is 2.34 bits per heavy atom. The maximum absolute atomic E-state index is 13.1. The first-order valence-electron chi connectivity index (χ1n) is 10.2. The highest BCUT2D eigenvalue weighted by atomic mass is 16.3. The normalized spacial score (nSPS) is 19.4. The predicted molar refractivity (Wildman–Crippen MR) is 110 cm³/mol. The fourth-order valence-corrected chi connectivity index (χ4v) is 3.97. The largest absolute Gasteiger partial charge is 0.458 e. The second kappa shape index (κ2) is 9.18. The molecule has 1 aliphatic heterocycles. The standard InChI is InChI=1S/C23H28N2O4/c1-4-24(5-2)14-9-15-25-20(17-10-7-6-8-11-17)19(22(27)23(25)28)21(26)18-13-12-16(3)29-18/h6-8,10-13,19-20H,4-5,9,14-15H2,1-3H3. The first-order valence-corrected chi connectivity index (χ1v) is 10.2. The second-order valence-electron chi connectivity index (χ2n) is 7.35. The van der Waals surface area contributed by atoms with Gasteiger partial charge in [-0.05, 0) is 50.7 Å². The van der Waals surface area contributed by atoms with Crippen LogP contribution in [0.25, 0.3) is 0 Å². The Hall–Kier alpha value is -2.73. The minimum atomic E-state index is -1.08. The first-order chi connectivity index (χ1) is 14.0. The predicted octanol–water partition coefficient (Wildman–Crippen LogP) is 3.27. The van der Waals surface area contributed by atoms with E-state index < -0.39 is 29.4 Å². The lowest BCUT2D eigenvalue weighted by molar-refractivity contribution is -0.140. The zero-order valence-electron chi connectivity index (χ0n) is 17.3. The maximum Gasteiger partial charge on any atom is 0.291 e. The molecule has 29 heavy (non-hydrogen) atoms. The topological polar surface area (TPSA) is 70.8 Å². The molecule has 154 valence electrons. The molecular weight excluding hydrogens is 368 g/mol. The number of ketones is 2. The van der Waals surface area contributed by atoms with Gasteiger partial charge in [0.15, 0.2) is 5.76 Å². The van der Waals surface area contributed by atoms with Gasteiger partial charge in [-0.15, -0.1) is 0 Å². The van der Waals surface area contributed by atoms with E-state index in [1.165, 1.54) is 0 Å². The van der Waals surface area contributed by atoms with E-state index in [4.69, 9.17) is 4.42 Å². The van der Waals surface area contributed by atoms with Crippen LogP contribution in [0, 0.1) is 12.8 Å². The molecule has 2 heterocycles. The van der Waals surface area contributed by atoms with Crippen LogP contribution < -0.4 is 0 Å². The maximum atomic E-state index is 13.1. The summed E-state index contributed by atoms with van der Waals surface area (Å²) in [5, 5.41) is 0. The van der Waals surface area contributed by atoms with Gasteiger partial charge in [-0.2, -0.15) is 0 Å². The Labute approximate surface area is 171 Å². The Kier molecular flexibility index (Phi) is 6.64. The first kappa shape index (κ1) is 21.0. The van der Waals surface area contributed by atoms with E-state index in [1.54, 1.807) is 24.0 Å². The number of rotatable bonds is 9. The van der Waals surface area contributed by atoms with Crippen LogP contribution in [-0.2, 0) is 9.59 Å². The molecule has 0 aliphatic carbocycles. The van der Waals surface area contributed by atoms with Gasteiger partial charge >= 0.3 is 0 Å². The smallest absolute Gasteiger partial charge is 0.291 e. The summed E-state index contributed by atoms with van der Waals surface area (Å²) in [7, 11) is 0. The van der Waals surface area contributed by atoms with Crippen molar-refractivity contribution in [2.45, 2.75) is 33.2 Å². The third kappa shape index (κ3) is 4.32. The zero-order chi connectivity index (χ0) is 21.0. The van der Waals surface area contributed by atoms with E-state index in [1.807, 2.05) is 30.3 Å². The van der Waals surface area contributed by atoms with Crippen molar-refractivity contribution >= 4 is 17.5 Å². The van der Waals surface area contributed by atoms with E-state index in [-0.39, 0.29) is 5.76 Å². The number of aryl methyl sites for hydroxylation is 1. The van der Waals surface area contributed by atoms with Crippen LogP contribution in [-0.4, -0.2) is 53.5 Å². The monoisotopic (exact) mass is 396 g/mol. The highest BCUT2D eigenvalue weighted by Gasteiger charge is 2.52. The van der Waals surface area contributed by atoms with Gasteiger partial charge in [0.2, 0.25) is 11.6 Å². The molecule has 1 fully saturated rings. The lowest BCUT2D eigenvalue weighted by Crippen LogP contribution is -2.34. The van der Waals surface area contributed by atoms with E-state index in [9.17, 15) is 14.4 Å². The Bertz CT molecular complexity index is 870. The summed E-state index contributed by atoms with van der Waals surface area (Å²) in [6.45, 7) is 9.08. The summed E-state index contributed by atoms with van der Waals surface area (Å²) in [5.74, 6) is -2.03. The van der Waals surface area contributed by atoms with Gasteiger partial charge in [0.1, 0.15) is 11.7 Å². The van der Waals surface area contributed by atoms with E-state index in [0.29, 0.717) is 12.3 Å². The minimum Gasteiger partial charge on any atom is -0.458 e. The number of carbonyl (C=O) groups is 3. The van der Waals surface area contributed by atoms with Gasteiger partial charge in [-0.3, -0.25) is 14.4 Å². The lowest BCUT2D eigenvalue weighted by atomic mass is 9.88. The molecule has 0 radical (unpaired) electrons. The highest BCUT2D eigenvalue weighted by Crippen LogP contribution is 2.38. The molecule has 0 bridgehead atoms.